The Morgan fingerprint density at radius 3 is 2.57 bits per heavy atom. The van der Waals surface area contributed by atoms with E-state index in [1.165, 1.54) is 6.07 Å². The molecule has 3 rings (SSSR count). The van der Waals surface area contributed by atoms with Crippen molar-refractivity contribution in [3.8, 4) is 0 Å². The third-order valence-electron chi connectivity index (χ3n) is 4.28. The quantitative estimate of drug-likeness (QED) is 0.660. The van der Waals surface area contributed by atoms with Crippen molar-refractivity contribution in [3.63, 3.8) is 0 Å². The van der Waals surface area contributed by atoms with E-state index in [2.05, 4.69) is 15.6 Å². The summed E-state index contributed by atoms with van der Waals surface area (Å²) < 4.78 is 15.3. The van der Waals surface area contributed by atoms with Crippen molar-refractivity contribution in [1.82, 2.24) is 20.0 Å². The summed E-state index contributed by atoms with van der Waals surface area (Å²) in [5.41, 5.74) is 1.25. The van der Waals surface area contributed by atoms with Crippen molar-refractivity contribution in [2.24, 2.45) is 5.92 Å². The van der Waals surface area contributed by atoms with Crippen LogP contribution < -0.4 is 10.6 Å². The standard InChI is InChI=1S/C21H23FN4O2/c1-14(2)13-24-21(28)19-25-18(17-9-5-6-12-26(17)19)20(27)23-11-10-15-7-3-4-8-16(15)22/h3-9,12,14H,10-11,13H2,1-2H3,(H,23,27)(H,24,28). The molecule has 0 unspecified atom stereocenters. The lowest BCUT2D eigenvalue weighted by Gasteiger charge is -2.06. The van der Waals surface area contributed by atoms with Crippen LogP contribution in [0.5, 0.6) is 0 Å². The normalized spacial score (nSPS) is 11.0. The number of imidazole rings is 1. The Labute approximate surface area is 162 Å². The minimum Gasteiger partial charge on any atom is -0.350 e. The highest BCUT2D eigenvalue weighted by molar-refractivity contribution is 6.02. The summed E-state index contributed by atoms with van der Waals surface area (Å²) in [6, 6.07) is 11.7. The molecular formula is C21H23FN4O2. The number of aromatic nitrogens is 2. The highest BCUT2D eigenvalue weighted by Crippen LogP contribution is 2.14. The summed E-state index contributed by atoms with van der Waals surface area (Å²) in [6.45, 7) is 4.78. The van der Waals surface area contributed by atoms with Crippen LogP contribution in [0.1, 0.15) is 40.5 Å². The zero-order chi connectivity index (χ0) is 20.1. The Morgan fingerprint density at radius 1 is 1.07 bits per heavy atom. The molecule has 2 aromatic heterocycles. The molecule has 7 heteroatoms. The largest absolute Gasteiger partial charge is 0.350 e. The molecule has 0 atom stereocenters. The van der Waals surface area contributed by atoms with E-state index < -0.39 is 5.91 Å². The third kappa shape index (κ3) is 4.36. The minimum atomic E-state index is -0.400. The van der Waals surface area contributed by atoms with E-state index in [-0.39, 0.29) is 29.8 Å². The molecule has 2 heterocycles. The molecule has 0 bridgehead atoms. The summed E-state index contributed by atoms with van der Waals surface area (Å²) in [6.07, 6.45) is 2.06. The Bertz CT molecular complexity index is 997. The molecule has 2 amide bonds. The second kappa shape index (κ2) is 8.65. The fourth-order valence-electron chi connectivity index (χ4n) is 2.84. The summed E-state index contributed by atoms with van der Waals surface area (Å²) in [5.74, 6) is -0.566. The van der Waals surface area contributed by atoms with E-state index >= 15 is 0 Å². The number of nitrogens with one attached hydrogen (secondary N) is 2. The van der Waals surface area contributed by atoms with Gasteiger partial charge in [-0.05, 0) is 36.1 Å². The Hall–Kier alpha value is -3.22. The van der Waals surface area contributed by atoms with E-state index in [0.717, 1.165) is 0 Å². The molecule has 1 aromatic carbocycles. The number of benzene rings is 1. The van der Waals surface area contributed by atoms with Gasteiger partial charge in [-0.15, -0.1) is 0 Å². The molecule has 3 aromatic rings. The van der Waals surface area contributed by atoms with Crippen LogP contribution in [-0.2, 0) is 6.42 Å². The van der Waals surface area contributed by atoms with Gasteiger partial charge in [-0.1, -0.05) is 38.1 Å². The number of rotatable bonds is 7. The van der Waals surface area contributed by atoms with Gasteiger partial charge in [0, 0.05) is 19.3 Å². The van der Waals surface area contributed by atoms with Crippen LogP contribution in [0.3, 0.4) is 0 Å². The Kier molecular flexibility index (Phi) is 6.03. The molecule has 0 spiro atoms. The van der Waals surface area contributed by atoms with Crippen LogP contribution in [0.15, 0.2) is 48.7 Å². The van der Waals surface area contributed by atoms with Gasteiger partial charge in [0.05, 0.1) is 5.52 Å². The smallest absolute Gasteiger partial charge is 0.287 e. The first-order valence-corrected chi connectivity index (χ1v) is 9.24. The molecule has 0 aliphatic rings. The van der Waals surface area contributed by atoms with Crippen LogP contribution in [-0.4, -0.2) is 34.3 Å². The van der Waals surface area contributed by atoms with Gasteiger partial charge in [0.15, 0.2) is 5.69 Å². The van der Waals surface area contributed by atoms with E-state index in [0.29, 0.717) is 30.0 Å². The van der Waals surface area contributed by atoms with Crippen molar-refractivity contribution in [2.75, 3.05) is 13.1 Å². The van der Waals surface area contributed by atoms with Crippen molar-refractivity contribution < 1.29 is 14.0 Å². The second-order valence-electron chi connectivity index (χ2n) is 6.94. The van der Waals surface area contributed by atoms with Crippen molar-refractivity contribution in [3.05, 3.63) is 71.6 Å². The number of pyridine rings is 1. The van der Waals surface area contributed by atoms with E-state index in [9.17, 15) is 14.0 Å². The van der Waals surface area contributed by atoms with Gasteiger partial charge in [-0.2, -0.15) is 0 Å². The lowest BCUT2D eigenvalue weighted by Crippen LogP contribution is -2.29. The predicted molar refractivity (Wildman–Crippen MR) is 105 cm³/mol. The average Bonchev–Trinajstić information content (AvgIpc) is 3.07. The van der Waals surface area contributed by atoms with Crippen LogP contribution >= 0.6 is 0 Å². The van der Waals surface area contributed by atoms with Crippen LogP contribution in [0.2, 0.25) is 0 Å². The lowest BCUT2D eigenvalue weighted by atomic mass is 10.1. The molecule has 146 valence electrons. The highest BCUT2D eigenvalue weighted by atomic mass is 19.1. The SMILES string of the molecule is CC(C)CNC(=O)c1nc(C(=O)NCCc2ccccc2F)c2ccccn12. The fraction of sp³-hybridized carbons (Fsp3) is 0.286. The van der Waals surface area contributed by atoms with Crippen LogP contribution in [0, 0.1) is 11.7 Å². The van der Waals surface area contributed by atoms with E-state index in [1.54, 1.807) is 47.0 Å². The number of hydrogen-bond donors (Lipinski definition) is 2. The number of fused-ring (bicyclic) bond motifs is 1. The zero-order valence-corrected chi connectivity index (χ0v) is 15.9. The molecule has 0 fully saturated rings. The first kappa shape index (κ1) is 19.5. The predicted octanol–water partition coefficient (Wildman–Crippen LogP) is 2.83. The monoisotopic (exact) mass is 382 g/mol. The van der Waals surface area contributed by atoms with Gasteiger partial charge in [-0.25, -0.2) is 9.37 Å². The van der Waals surface area contributed by atoms with Gasteiger partial charge >= 0.3 is 0 Å². The molecule has 2 N–H and O–H groups in total. The van der Waals surface area contributed by atoms with Gasteiger partial charge in [0.2, 0.25) is 5.82 Å². The fourth-order valence-corrected chi connectivity index (χ4v) is 2.84. The van der Waals surface area contributed by atoms with Crippen molar-refractivity contribution in [2.45, 2.75) is 20.3 Å². The molecule has 0 saturated carbocycles. The summed E-state index contributed by atoms with van der Waals surface area (Å²) in [4.78, 5) is 29.4. The van der Waals surface area contributed by atoms with Crippen molar-refractivity contribution in [1.29, 1.82) is 0 Å². The van der Waals surface area contributed by atoms with E-state index in [1.807, 2.05) is 13.8 Å². The number of halogens is 1. The molecule has 0 radical (unpaired) electrons. The van der Waals surface area contributed by atoms with Gasteiger partial charge in [0.25, 0.3) is 11.8 Å². The van der Waals surface area contributed by atoms with Gasteiger partial charge < -0.3 is 10.6 Å². The summed E-state index contributed by atoms with van der Waals surface area (Å²) >= 11 is 0. The van der Waals surface area contributed by atoms with Crippen LogP contribution in [0.25, 0.3) is 5.52 Å². The minimum absolute atomic E-state index is 0.163. The molecule has 0 aliphatic heterocycles. The molecule has 28 heavy (non-hydrogen) atoms. The maximum atomic E-state index is 13.7. The molecular weight excluding hydrogens is 359 g/mol. The van der Waals surface area contributed by atoms with Crippen LogP contribution in [0.4, 0.5) is 4.39 Å². The summed E-state index contributed by atoms with van der Waals surface area (Å²) in [5, 5.41) is 5.57. The Morgan fingerprint density at radius 2 is 1.82 bits per heavy atom. The number of nitrogens with zero attached hydrogens (tertiary/aromatic N) is 2. The van der Waals surface area contributed by atoms with E-state index in [4.69, 9.17) is 0 Å². The molecule has 0 aliphatic carbocycles. The average molecular weight is 382 g/mol. The number of carbonyl (C=O) groups is 2. The number of carbonyl (C=O) groups excluding carboxylic acids is 2. The van der Waals surface area contributed by atoms with Crippen molar-refractivity contribution >= 4 is 17.3 Å². The third-order valence-corrected chi connectivity index (χ3v) is 4.28. The first-order chi connectivity index (χ1) is 13.5. The topological polar surface area (TPSA) is 75.5 Å². The Balaban J connectivity index is 1.76. The number of hydrogen-bond acceptors (Lipinski definition) is 3. The maximum Gasteiger partial charge on any atom is 0.287 e. The van der Waals surface area contributed by atoms with Gasteiger partial charge in [0.1, 0.15) is 5.82 Å². The number of amides is 2. The van der Waals surface area contributed by atoms with Gasteiger partial charge in [-0.3, -0.25) is 14.0 Å². The first-order valence-electron chi connectivity index (χ1n) is 9.24. The highest BCUT2D eigenvalue weighted by Gasteiger charge is 2.21. The zero-order valence-electron chi connectivity index (χ0n) is 15.9. The molecule has 0 saturated heterocycles. The molecule has 6 nitrogen and oxygen atoms in total. The second-order valence-corrected chi connectivity index (χ2v) is 6.94. The summed E-state index contributed by atoms with van der Waals surface area (Å²) in [7, 11) is 0. The lowest BCUT2D eigenvalue weighted by molar-refractivity contribution is 0.0938. The maximum absolute atomic E-state index is 13.7.